The summed E-state index contributed by atoms with van der Waals surface area (Å²) in [4.78, 5) is 12.1. The number of benzene rings is 2. The summed E-state index contributed by atoms with van der Waals surface area (Å²) in [5.41, 5.74) is 3.64. The normalized spacial score (nSPS) is 10.6. The highest BCUT2D eigenvalue weighted by Crippen LogP contribution is 2.29. The molecule has 0 spiro atoms. The Morgan fingerprint density at radius 3 is 2.52 bits per heavy atom. The molecule has 0 saturated carbocycles. The summed E-state index contributed by atoms with van der Waals surface area (Å²) < 4.78 is 7.49. The lowest BCUT2D eigenvalue weighted by atomic mass is 10.1. The summed E-state index contributed by atoms with van der Waals surface area (Å²) in [6.45, 7) is 4.60. The van der Waals surface area contributed by atoms with Crippen LogP contribution in [0.1, 0.15) is 11.4 Å². The number of halogens is 1. The zero-order chi connectivity index (χ0) is 19.2. The van der Waals surface area contributed by atoms with Crippen molar-refractivity contribution in [2.75, 3.05) is 13.2 Å². The van der Waals surface area contributed by atoms with Crippen LogP contribution in [-0.4, -0.2) is 28.8 Å². The second-order valence-corrected chi connectivity index (χ2v) is 6.58. The third-order valence-corrected chi connectivity index (χ3v) is 4.79. The first-order valence-electron chi connectivity index (χ1n) is 8.79. The molecule has 0 unspecified atom stereocenters. The van der Waals surface area contributed by atoms with Gasteiger partial charge >= 0.3 is 0 Å². The van der Waals surface area contributed by atoms with E-state index >= 15 is 0 Å². The first-order valence-corrected chi connectivity index (χ1v) is 9.17. The average Bonchev–Trinajstić information content (AvgIpc) is 2.93. The molecular weight excluding hydrogens is 362 g/mol. The molecule has 1 N–H and O–H groups in total. The Hall–Kier alpha value is -2.79. The van der Waals surface area contributed by atoms with Gasteiger partial charge in [0.25, 0.3) is 0 Å². The molecule has 0 aliphatic heterocycles. The van der Waals surface area contributed by atoms with Gasteiger partial charge in [0.1, 0.15) is 18.9 Å². The van der Waals surface area contributed by atoms with Crippen molar-refractivity contribution in [2.24, 2.45) is 0 Å². The van der Waals surface area contributed by atoms with Gasteiger partial charge in [-0.15, -0.1) is 0 Å². The van der Waals surface area contributed by atoms with Crippen molar-refractivity contribution in [3.8, 4) is 16.9 Å². The van der Waals surface area contributed by atoms with Crippen molar-refractivity contribution in [1.82, 2.24) is 15.1 Å². The summed E-state index contributed by atoms with van der Waals surface area (Å²) in [5.74, 6) is 0.667. The molecule has 1 aromatic heterocycles. The number of ether oxygens (including phenoxy) is 1. The third-order valence-electron chi connectivity index (χ3n) is 4.24. The number of nitrogens with zero attached hydrogens (tertiary/aromatic N) is 2. The van der Waals surface area contributed by atoms with Crippen LogP contribution in [0.25, 0.3) is 11.1 Å². The fourth-order valence-electron chi connectivity index (χ4n) is 2.82. The van der Waals surface area contributed by atoms with Crippen LogP contribution in [-0.2, 0) is 11.3 Å². The molecule has 1 amide bonds. The molecule has 0 fully saturated rings. The second-order valence-electron chi connectivity index (χ2n) is 6.20. The highest BCUT2D eigenvalue weighted by molar-refractivity contribution is 6.31. The molecule has 0 aliphatic rings. The van der Waals surface area contributed by atoms with E-state index in [-0.39, 0.29) is 12.5 Å². The van der Waals surface area contributed by atoms with Crippen molar-refractivity contribution in [1.29, 1.82) is 0 Å². The predicted molar refractivity (Wildman–Crippen MR) is 107 cm³/mol. The lowest BCUT2D eigenvalue weighted by Gasteiger charge is -2.12. The molecule has 27 heavy (non-hydrogen) atoms. The maximum absolute atomic E-state index is 12.1. The van der Waals surface area contributed by atoms with Crippen LogP contribution in [0.2, 0.25) is 5.02 Å². The number of carbonyl (C=O) groups is 1. The van der Waals surface area contributed by atoms with Crippen LogP contribution >= 0.6 is 11.6 Å². The van der Waals surface area contributed by atoms with Crippen LogP contribution in [0.3, 0.4) is 0 Å². The van der Waals surface area contributed by atoms with Crippen molar-refractivity contribution in [3.63, 3.8) is 0 Å². The summed E-state index contributed by atoms with van der Waals surface area (Å²) in [5, 5.41) is 7.71. The van der Waals surface area contributed by atoms with Gasteiger partial charge in [-0.3, -0.25) is 9.48 Å². The first-order chi connectivity index (χ1) is 13.1. The monoisotopic (exact) mass is 383 g/mol. The van der Waals surface area contributed by atoms with E-state index in [4.69, 9.17) is 16.3 Å². The van der Waals surface area contributed by atoms with Gasteiger partial charge in [0.05, 0.1) is 23.0 Å². The van der Waals surface area contributed by atoms with Gasteiger partial charge in [-0.05, 0) is 25.5 Å². The van der Waals surface area contributed by atoms with E-state index in [1.54, 1.807) is 4.68 Å². The fourth-order valence-corrected chi connectivity index (χ4v) is 2.96. The van der Waals surface area contributed by atoms with Crippen molar-refractivity contribution >= 4 is 17.5 Å². The molecule has 6 heteroatoms. The molecular formula is C21H22ClN3O2. The third kappa shape index (κ3) is 4.68. The number of para-hydroxylation sites is 1. The Morgan fingerprint density at radius 1 is 1.11 bits per heavy atom. The smallest absolute Gasteiger partial charge is 0.241 e. The lowest BCUT2D eigenvalue weighted by molar-refractivity contribution is -0.122. The van der Waals surface area contributed by atoms with E-state index in [1.807, 2.05) is 68.4 Å². The fraction of sp³-hybridized carbons (Fsp3) is 0.238. The summed E-state index contributed by atoms with van der Waals surface area (Å²) >= 11 is 6.11. The highest BCUT2D eigenvalue weighted by Gasteiger charge is 2.12. The molecule has 0 atom stereocenters. The molecule has 5 nitrogen and oxygen atoms in total. The highest BCUT2D eigenvalue weighted by atomic mass is 35.5. The number of rotatable bonds is 7. The van der Waals surface area contributed by atoms with Crippen molar-refractivity contribution in [3.05, 3.63) is 71.0 Å². The number of aromatic nitrogens is 2. The minimum absolute atomic E-state index is 0.128. The van der Waals surface area contributed by atoms with Crippen molar-refractivity contribution in [2.45, 2.75) is 20.4 Å². The van der Waals surface area contributed by atoms with Gasteiger partial charge in [0.15, 0.2) is 0 Å². The van der Waals surface area contributed by atoms with E-state index in [9.17, 15) is 4.79 Å². The molecule has 0 radical (unpaired) electrons. The number of hydrogen-bond donors (Lipinski definition) is 1. The topological polar surface area (TPSA) is 56.2 Å². The number of amides is 1. The van der Waals surface area contributed by atoms with Gasteiger partial charge in [0, 0.05) is 5.56 Å². The summed E-state index contributed by atoms with van der Waals surface area (Å²) in [6, 6.07) is 17.9. The molecule has 1 heterocycles. The molecule has 3 aromatic rings. The molecule has 140 valence electrons. The minimum Gasteiger partial charge on any atom is -0.491 e. The van der Waals surface area contributed by atoms with Crippen molar-refractivity contribution < 1.29 is 9.53 Å². The number of carbonyl (C=O) groups excluding carboxylic acids is 1. The van der Waals surface area contributed by atoms with Gasteiger partial charge in [-0.2, -0.15) is 5.10 Å². The van der Waals surface area contributed by atoms with E-state index in [0.717, 1.165) is 28.3 Å². The SMILES string of the molecule is Cc1nn(CC(=O)NCCOc2ccccc2-c2ccccc2)c(C)c1Cl. The maximum Gasteiger partial charge on any atom is 0.241 e. The molecule has 3 rings (SSSR count). The Balaban J connectivity index is 1.52. The van der Waals surface area contributed by atoms with Gasteiger partial charge < -0.3 is 10.1 Å². The van der Waals surface area contributed by atoms with E-state index in [1.165, 1.54) is 0 Å². The molecule has 0 bridgehead atoms. The number of nitrogens with one attached hydrogen (secondary N) is 1. The lowest BCUT2D eigenvalue weighted by Crippen LogP contribution is -2.31. The Bertz CT molecular complexity index is 922. The van der Waals surface area contributed by atoms with Crippen LogP contribution in [0.5, 0.6) is 5.75 Å². The zero-order valence-electron chi connectivity index (χ0n) is 15.4. The quantitative estimate of drug-likeness (QED) is 0.627. The number of aryl methyl sites for hydroxylation is 1. The van der Waals surface area contributed by atoms with Crippen LogP contribution in [0.4, 0.5) is 0 Å². The maximum atomic E-state index is 12.1. The minimum atomic E-state index is -0.128. The molecule has 0 aliphatic carbocycles. The summed E-state index contributed by atoms with van der Waals surface area (Å²) in [7, 11) is 0. The number of hydrogen-bond acceptors (Lipinski definition) is 3. The standard InChI is InChI=1S/C21H22ClN3O2/c1-15-21(22)16(2)25(24-15)14-20(26)23-12-13-27-19-11-7-6-10-18(19)17-8-4-3-5-9-17/h3-11H,12-14H2,1-2H3,(H,23,26). The second kappa shape index (κ2) is 8.73. The first kappa shape index (κ1) is 19.0. The van der Waals surface area contributed by atoms with Crippen LogP contribution in [0.15, 0.2) is 54.6 Å². The largest absolute Gasteiger partial charge is 0.491 e. The van der Waals surface area contributed by atoms with Gasteiger partial charge in [-0.25, -0.2) is 0 Å². The molecule has 2 aromatic carbocycles. The Morgan fingerprint density at radius 2 is 1.81 bits per heavy atom. The van der Waals surface area contributed by atoms with Crippen LogP contribution < -0.4 is 10.1 Å². The zero-order valence-corrected chi connectivity index (χ0v) is 16.2. The Labute approximate surface area is 163 Å². The van der Waals surface area contributed by atoms with E-state index in [2.05, 4.69) is 10.4 Å². The van der Waals surface area contributed by atoms with E-state index in [0.29, 0.717) is 18.2 Å². The van der Waals surface area contributed by atoms with Gasteiger partial charge in [0.2, 0.25) is 5.91 Å². The predicted octanol–water partition coefficient (Wildman–Crippen LogP) is 4.02. The van der Waals surface area contributed by atoms with Gasteiger partial charge in [-0.1, -0.05) is 60.1 Å². The molecule has 0 saturated heterocycles. The Kier molecular flexibility index (Phi) is 6.14. The van der Waals surface area contributed by atoms with E-state index < -0.39 is 0 Å². The van der Waals surface area contributed by atoms with Crippen LogP contribution in [0, 0.1) is 13.8 Å². The summed E-state index contributed by atoms with van der Waals surface area (Å²) in [6.07, 6.45) is 0. The average molecular weight is 384 g/mol.